The lowest BCUT2D eigenvalue weighted by molar-refractivity contribution is 0.112. The van der Waals surface area contributed by atoms with Crippen LogP contribution in [-0.2, 0) is 0 Å². The minimum atomic E-state index is -0.497. The Morgan fingerprint density at radius 1 is 1.31 bits per heavy atom. The summed E-state index contributed by atoms with van der Waals surface area (Å²) in [5.41, 5.74) is 2.73. The highest BCUT2D eigenvalue weighted by molar-refractivity contribution is 5.77. The molecule has 0 saturated carbocycles. The van der Waals surface area contributed by atoms with E-state index < -0.39 is 5.82 Å². The van der Waals surface area contributed by atoms with Crippen molar-refractivity contribution in [1.82, 2.24) is 4.98 Å². The number of hydrogen-bond donors (Lipinski definition) is 0. The lowest BCUT2D eigenvalue weighted by Gasteiger charge is -2.05. The second-order valence-electron chi connectivity index (χ2n) is 3.54. The zero-order valence-electron chi connectivity index (χ0n) is 8.77. The third-order valence-electron chi connectivity index (χ3n) is 2.46. The summed E-state index contributed by atoms with van der Waals surface area (Å²) in [6.45, 7) is 1.91. The third-order valence-corrected chi connectivity index (χ3v) is 2.46. The smallest absolute Gasteiger partial charge is 0.152 e. The minimum Gasteiger partial charge on any atom is -0.298 e. The first-order valence-electron chi connectivity index (χ1n) is 4.88. The number of pyridine rings is 1. The number of benzene rings is 1. The van der Waals surface area contributed by atoms with Gasteiger partial charge in [-0.15, -0.1) is 0 Å². The largest absolute Gasteiger partial charge is 0.298 e. The van der Waals surface area contributed by atoms with Crippen LogP contribution in [0.2, 0.25) is 0 Å². The molecule has 0 N–H and O–H groups in total. The first-order chi connectivity index (χ1) is 7.72. The maximum atomic E-state index is 13.4. The molecular formula is C13H10FNO. The fraction of sp³-hybridized carbons (Fsp3) is 0.0769. The first-order valence-corrected chi connectivity index (χ1v) is 4.88. The molecule has 16 heavy (non-hydrogen) atoms. The van der Waals surface area contributed by atoms with E-state index >= 15 is 0 Å². The van der Waals surface area contributed by atoms with Gasteiger partial charge < -0.3 is 0 Å². The SMILES string of the molecule is Cc1cnccc1-c1ccc(C=O)c(F)c1. The summed E-state index contributed by atoms with van der Waals surface area (Å²) in [4.78, 5) is 14.5. The van der Waals surface area contributed by atoms with Crippen LogP contribution in [0.4, 0.5) is 4.39 Å². The van der Waals surface area contributed by atoms with E-state index in [9.17, 15) is 9.18 Å². The van der Waals surface area contributed by atoms with Crippen molar-refractivity contribution in [3.8, 4) is 11.1 Å². The van der Waals surface area contributed by atoms with Crippen molar-refractivity contribution >= 4 is 6.29 Å². The molecule has 1 aromatic heterocycles. The highest BCUT2D eigenvalue weighted by atomic mass is 19.1. The molecule has 2 nitrogen and oxygen atoms in total. The number of aldehydes is 1. The first kappa shape index (κ1) is 10.5. The molecule has 1 aromatic carbocycles. The number of hydrogen-bond acceptors (Lipinski definition) is 2. The molecule has 0 atom stereocenters. The van der Waals surface area contributed by atoms with E-state index in [1.165, 1.54) is 12.1 Å². The molecule has 0 aliphatic rings. The van der Waals surface area contributed by atoms with Gasteiger partial charge in [0.15, 0.2) is 6.29 Å². The fourth-order valence-electron chi connectivity index (χ4n) is 1.59. The van der Waals surface area contributed by atoms with Crippen LogP contribution in [0.15, 0.2) is 36.7 Å². The van der Waals surface area contributed by atoms with E-state index in [4.69, 9.17) is 0 Å². The molecule has 3 heteroatoms. The Labute approximate surface area is 92.8 Å². The molecule has 0 saturated heterocycles. The number of halogens is 1. The zero-order chi connectivity index (χ0) is 11.5. The summed E-state index contributed by atoms with van der Waals surface area (Å²) >= 11 is 0. The summed E-state index contributed by atoms with van der Waals surface area (Å²) in [6, 6.07) is 6.41. The summed E-state index contributed by atoms with van der Waals surface area (Å²) in [7, 11) is 0. The van der Waals surface area contributed by atoms with Crippen LogP contribution < -0.4 is 0 Å². The zero-order valence-corrected chi connectivity index (χ0v) is 8.77. The van der Waals surface area contributed by atoms with Crippen molar-refractivity contribution in [1.29, 1.82) is 0 Å². The Morgan fingerprint density at radius 2 is 2.12 bits per heavy atom. The van der Waals surface area contributed by atoms with Crippen LogP contribution in [0.5, 0.6) is 0 Å². The van der Waals surface area contributed by atoms with Crippen molar-refractivity contribution in [3.63, 3.8) is 0 Å². The van der Waals surface area contributed by atoms with Gasteiger partial charge in [0, 0.05) is 12.4 Å². The molecule has 0 amide bonds. The molecule has 0 unspecified atom stereocenters. The number of carbonyl (C=O) groups excluding carboxylic acids is 1. The molecule has 0 spiro atoms. The summed E-state index contributed by atoms with van der Waals surface area (Å²) < 4.78 is 13.4. The van der Waals surface area contributed by atoms with Gasteiger partial charge in [-0.2, -0.15) is 0 Å². The molecule has 0 aliphatic carbocycles. The minimum absolute atomic E-state index is 0.0791. The van der Waals surface area contributed by atoms with Crippen LogP contribution >= 0.6 is 0 Å². The average molecular weight is 215 g/mol. The third kappa shape index (κ3) is 1.84. The van der Waals surface area contributed by atoms with Gasteiger partial charge in [-0.1, -0.05) is 6.07 Å². The molecular weight excluding hydrogens is 205 g/mol. The second kappa shape index (κ2) is 4.23. The fourth-order valence-corrected chi connectivity index (χ4v) is 1.59. The molecule has 2 rings (SSSR count). The van der Waals surface area contributed by atoms with Crippen LogP contribution in [0, 0.1) is 12.7 Å². The number of aromatic nitrogens is 1. The molecule has 0 radical (unpaired) electrons. The molecule has 2 aromatic rings. The molecule has 1 heterocycles. The predicted molar refractivity (Wildman–Crippen MR) is 59.8 cm³/mol. The molecule has 0 bridgehead atoms. The predicted octanol–water partition coefficient (Wildman–Crippen LogP) is 3.01. The lowest BCUT2D eigenvalue weighted by atomic mass is 10.0. The van der Waals surface area contributed by atoms with E-state index in [2.05, 4.69) is 4.98 Å². The van der Waals surface area contributed by atoms with Crippen molar-refractivity contribution in [2.75, 3.05) is 0 Å². The van der Waals surface area contributed by atoms with E-state index in [-0.39, 0.29) is 5.56 Å². The average Bonchev–Trinajstić information content (AvgIpc) is 2.29. The van der Waals surface area contributed by atoms with Crippen molar-refractivity contribution in [2.45, 2.75) is 6.92 Å². The Bertz CT molecular complexity index is 537. The summed E-state index contributed by atoms with van der Waals surface area (Å²) in [5, 5.41) is 0. The molecule has 80 valence electrons. The Hall–Kier alpha value is -2.03. The molecule has 0 aliphatic heterocycles. The molecule has 0 fully saturated rings. The van der Waals surface area contributed by atoms with E-state index in [0.29, 0.717) is 6.29 Å². The number of rotatable bonds is 2. The van der Waals surface area contributed by atoms with Gasteiger partial charge in [0.1, 0.15) is 5.82 Å². The Morgan fingerprint density at radius 3 is 2.75 bits per heavy atom. The highest BCUT2D eigenvalue weighted by Crippen LogP contribution is 2.23. The maximum absolute atomic E-state index is 13.4. The van der Waals surface area contributed by atoms with Gasteiger partial charge in [-0.05, 0) is 41.8 Å². The van der Waals surface area contributed by atoms with Crippen molar-refractivity contribution in [2.24, 2.45) is 0 Å². The summed E-state index contributed by atoms with van der Waals surface area (Å²) in [6.07, 6.45) is 3.90. The van der Waals surface area contributed by atoms with Gasteiger partial charge >= 0.3 is 0 Å². The second-order valence-corrected chi connectivity index (χ2v) is 3.54. The van der Waals surface area contributed by atoms with Gasteiger partial charge in [0.05, 0.1) is 5.56 Å². The normalized spacial score (nSPS) is 10.1. The van der Waals surface area contributed by atoms with Gasteiger partial charge in [0.25, 0.3) is 0 Å². The van der Waals surface area contributed by atoms with Crippen LogP contribution in [0.3, 0.4) is 0 Å². The van der Waals surface area contributed by atoms with Crippen LogP contribution in [0.25, 0.3) is 11.1 Å². The number of nitrogens with zero attached hydrogens (tertiary/aromatic N) is 1. The van der Waals surface area contributed by atoms with Gasteiger partial charge in [-0.25, -0.2) is 4.39 Å². The summed E-state index contributed by atoms with van der Waals surface area (Å²) in [5.74, 6) is -0.497. The monoisotopic (exact) mass is 215 g/mol. The topological polar surface area (TPSA) is 30.0 Å². The van der Waals surface area contributed by atoms with Crippen molar-refractivity contribution < 1.29 is 9.18 Å². The Balaban J connectivity index is 2.54. The highest BCUT2D eigenvalue weighted by Gasteiger charge is 2.05. The van der Waals surface area contributed by atoms with Gasteiger partial charge in [0.2, 0.25) is 0 Å². The van der Waals surface area contributed by atoms with E-state index in [1.807, 2.05) is 13.0 Å². The standard InChI is InChI=1S/C13H10FNO/c1-9-7-15-5-4-12(9)10-2-3-11(8-16)13(14)6-10/h2-8H,1H3. The van der Waals surface area contributed by atoms with E-state index in [1.54, 1.807) is 18.5 Å². The van der Waals surface area contributed by atoms with Gasteiger partial charge in [-0.3, -0.25) is 9.78 Å². The number of aryl methyl sites for hydroxylation is 1. The van der Waals surface area contributed by atoms with E-state index in [0.717, 1.165) is 16.7 Å². The van der Waals surface area contributed by atoms with Crippen molar-refractivity contribution in [3.05, 3.63) is 53.6 Å². The quantitative estimate of drug-likeness (QED) is 0.721. The lowest BCUT2D eigenvalue weighted by Crippen LogP contribution is -1.90. The Kier molecular flexibility index (Phi) is 2.77. The maximum Gasteiger partial charge on any atom is 0.152 e. The van der Waals surface area contributed by atoms with Crippen LogP contribution in [0.1, 0.15) is 15.9 Å². The number of carbonyl (C=O) groups is 1. The van der Waals surface area contributed by atoms with Crippen LogP contribution in [-0.4, -0.2) is 11.3 Å².